The Bertz CT molecular complexity index is 809. The van der Waals surface area contributed by atoms with Crippen LogP contribution in [0, 0.1) is 22.7 Å². The zero-order chi connectivity index (χ0) is 20.5. The van der Waals surface area contributed by atoms with Crippen molar-refractivity contribution in [3.8, 4) is 11.8 Å². The molecule has 29 heavy (non-hydrogen) atoms. The van der Waals surface area contributed by atoms with Crippen LogP contribution < -0.4 is 4.74 Å². The highest BCUT2D eigenvalue weighted by molar-refractivity contribution is 5.84. The van der Waals surface area contributed by atoms with Gasteiger partial charge in [0.2, 0.25) is 5.91 Å². The Kier molecular flexibility index (Phi) is 5.38. The zero-order valence-electron chi connectivity index (χ0n) is 17.1. The van der Waals surface area contributed by atoms with Crippen LogP contribution in [0.2, 0.25) is 0 Å². The standard InChI is InChI=1S/C24H29FN2O2/c1-2-18(13-25)17-29-21-5-3-20(4-6-21)23-7-10-24(11-8-23,12-9-23)22(28)27-15-19(14-26)16-27/h3-6,13,19H,2,7-12,15-17H2,1H3/b18-13+. The van der Waals surface area contributed by atoms with Gasteiger partial charge in [0.15, 0.2) is 0 Å². The van der Waals surface area contributed by atoms with Crippen molar-refractivity contribution in [2.45, 2.75) is 57.3 Å². The summed E-state index contributed by atoms with van der Waals surface area (Å²) in [5, 5.41) is 8.97. The fraction of sp³-hybridized carbons (Fsp3) is 0.583. The first kappa shape index (κ1) is 19.9. The van der Waals surface area contributed by atoms with Crippen molar-refractivity contribution in [3.63, 3.8) is 0 Å². The van der Waals surface area contributed by atoms with Gasteiger partial charge in [-0.3, -0.25) is 4.79 Å². The molecule has 3 aliphatic carbocycles. The molecule has 1 saturated heterocycles. The predicted molar refractivity (Wildman–Crippen MR) is 109 cm³/mol. The Balaban J connectivity index is 1.38. The molecule has 4 fully saturated rings. The average Bonchev–Trinajstić information content (AvgIpc) is 2.75. The number of ether oxygens (including phenoxy) is 1. The summed E-state index contributed by atoms with van der Waals surface area (Å²) in [7, 11) is 0. The molecule has 1 heterocycles. The third-order valence-electron chi connectivity index (χ3n) is 7.55. The number of carbonyl (C=O) groups excluding carboxylic acids is 1. The molecule has 5 rings (SSSR count). The smallest absolute Gasteiger partial charge is 0.228 e. The molecular formula is C24H29FN2O2. The number of carbonyl (C=O) groups is 1. The van der Waals surface area contributed by atoms with Gasteiger partial charge in [0.1, 0.15) is 12.4 Å². The lowest BCUT2D eigenvalue weighted by Crippen LogP contribution is -2.58. The summed E-state index contributed by atoms with van der Waals surface area (Å²) < 4.78 is 18.4. The molecule has 0 spiro atoms. The van der Waals surface area contributed by atoms with Crippen LogP contribution in [0.15, 0.2) is 36.2 Å². The minimum absolute atomic E-state index is 0.0242. The van der Waals surface area contributed by atoms with Crippen molar-refractivity contribution in [1.82, 2.24) is 4.90 Å². The van der Waals surface area contributed by atoms with Gasteiger partial charge in [-0.05, 0) is 73.6 Å². The molecular weight excluding hydrogens is 367 g/mol. The van der Waals surface area contributed by atoms with Gasteiger partial charge in [-0.25, -0.2) is 4.39 Å². The molecule has 2 bridgehead atoms. The Morgan fingerprint density at radius 2 is 1.83 bits per heavy atom. The van der Waals surface area contributed by atoms with E-state index in [0.717, 1.165) is 44.3 Å². The quantitative estimate of drug-likeness (QED) is 0.687. The number of amides is 1. The first-order chi connectivity index (χ1) is 14.0. The molecule has 4 nitrogen and oxygen atoms in total. The van der Waals surface area contributed by atoms with E-state index in [-0.39, 0.29) is 29.3 Å². The number of halogens is 1. The molecule has 4 aliphatic rings. The fourth-order valence-electron chi connectivity index (χ4n) is 5.29. The Morgan fingerprint density at radius 1 is 1.21 bits per heavy atom. The Hall–Kier alpha value is -2.35. The molecule has 3 saturated carbocycles. The minimum atomic E-state index is -0.194. The lowest BCUT2D eigenvalue weighted by Gasteiger charge is -2.55. The van der Waals surface area contributed by atoms with E-state index in [2.05, 4.69) is 18.2 Å². The fourth-order valence-corrected chi connectivity index (χ4v) is 5.29. The van der Waals surface area contributed by atoms with Crippen LogP contribution in [0.5, 0.6) is 5.75 Å². The molecule has 5 heteroatoms. The van der Waals surface area contributed by atoms with E-state index in [0.29, 0.717) is 31.4 Å². The van der Waals surface area contributed by atoms with Crippen LogP contribution >= 0.6 is 0 Å². The molecule has 1 aliphatic heterocycles. The molecule has 0 aromatic heterocycles. The van der Waals surface area contributed by atoms with Crippen LogP contribution in [0.3, 0.4) is 0 Å². The van der Waals surface area contributed by atoms with Gasteiger partial charge in [-0.2, -0.15) is 5.26 Å². The van der Waals surface area contributed by atoms with Crippen molar-refractivity contribution < 1.29 is 13.9 Å². The highest BCUT2D eigenvalue weighted by Gasteiger charge is 2.54. The topological polar surface area (TPSA) is 53.3 Å². The maximum atomic E-state index is 13.1. The van der Waals surface area contributed by atoms with Gasteiger partial charge in [-0.15, -0.1) is 0 Å². The van der Waals surface area contributed by atoms with E-state index in [1.54, 1.807) is 0 Å². The third kappa shape index (κ3) is 3.54. The van der Waals surface area contributed by atoms with Crippen LogP contribution in [-0.4, -0.2) is 30.5 Å². The SMILES string of the molecule is CC/C(=C\F)COc1ccc(C23CCC(C(=O)N4CC(C#N)C4)(CC2)CC3)cc1. The number of likely N-dealkylation sites (tertiary alicyclic amines) is 1. The lowest BCUT2D eigenvalue weighted by atomic mass is 9.51. The monoisotopic (exact) mass is 396 g/mol. The second-order valence-corrected chi connectivity index (χ2v) is 9.03. The summed E-state index contributed by atoms with van der Waals surface area (Å²) in [6, 6.07) is 10.5. The molecule has 1 amide bonds. The molecule has 1 aromatic rings. The predicted octanol–water partition coefficient (Wildman–Crippen LogP) is 4.90. The van der Waals surface area contributed by atoms with E-state index in [9.17, 15) is 9.18 Å². The van der Waals surface area contributed by atoms with Gasteiger partial charge in [-0.1, -0.05) is 19.1 Å². The number of fused-ring (bicyclic) bond motifs is 3. The largest absolute Gasteiger partial charge is 0.489 e. The average molecular weight is 397 g/mol. The second kappa shape index (κ2) is 7.82. The maximum Gasteiger partial charge on any atom is 0.228 e. The minimum Gasteiger partial charge on any atom is -0.489 e. The highest BCUT2D eigenvalue weighted by Crippen LogP contribution is 2.58. The molecule has 0 unspecified atom stereocenters. The van der Waals surface area contributed by atoms with E-state index >= 15 is 0 Å². The first-order valence-corrected chi connectivity index (χ1v) is 10.7. The number of hydrogen-bond acceptors (Lipinski definition) is 3. The molecule has 154 valence electrons. The van der Waals surface area contributed by atoms with E-state index in [4.69, 9.17) is 10.00 Å². The third-order valence-corrected chi connectivity index (χ3v) is 7.55. The summed E-state index contributed by atoms with van der Waals surface area (Å²) in [5.74, 6) is 1.07. The normalized spacial score (nSPS) is 29.3. The van der Waals surface area contributed by atoms with Crippen molar-refractivity contribution in [1.29, 1.82) is 5.26 Å². The van der Waals surface area contributed by atoms with Crippen LogP contribution in [0.25, 0.3) is 0 Å². The Labute approximate surface area is 172 Å². The summed E-state index contributed by atoms with van der Waals surface area (Å²) in [4.78, 5) is 14.9. The summed E-state index contributed by atoms with van der Waals surface area (Å²) in [6.07, 6.45) is 7.23. The van der Waals surface area contributed by atoms with Crippen LogP contribution in [-0.2, 0) is 10.2 Å². The second-order valence-electron chi connectivity index (χ2n) is 9.03. The van der Waals surface area contributed by atoms with Gasteiger partial charge in [0.25, 0.3) is 0 Å². The maximum absolute atomic E-state index is 13.1. The van der Waals surface area contributed by atoms with Gasteiger partial charge < -0.3 is 9.64 Å². The van der Waals surface area contributed by atoms with E-state index in [1.165, 1.54) is 5.56 Å². The number of benzene rings is 1. The lowest BCUT2D eigenvalue weighted by molar-refractivity contribution is -0.154. The molecule has 0 radical (unpaired) electrons. The van der Waals surface area contributed by atoms with Crippen molar-refractivity contribution in [2.75, 3.05) is 19.7 Å². The number of nitriles is 1. The van der Waals surface area contributed by atoms with E-state index < -0.39 is 0 Å². The van der Waals surface area contributed by atoms with Crippen molar-refractivity contribution in [2.24, 2.45) is 11.3 Å². The van der Waals surface area contributed by atoms with Gasteiger partial charge in [0, 0.05) is 18.5 Å². The van der Waals surface area contributed by atoms with Crippen LogP contribution in [0.4, 0.5) is 4.39 Å². The van der Waals surface area contributed by atoms with E-state index in [1.807, 2.05) is 24.0 Å². The summed E-state index contributed by atoms with van der Waals surface area (Å²) in [5.41, 5.74) is 1.95. The van der Waals surface area contributed by atoms with Crippen molar-refractivity contribution in [3.05, 3.63) is 41.7 Å². The first-order valence-electron chi connectivity index (χ1n) is 10.7. The van der Waals surface area contributed by atoms with Crippen LogP contribution in [0.1, 0.15) is 57.4 Å². The number of rotatable bonds is 6. The number of hydrogen-bond donors (Lipinski definition) is 0. The molecule has 1 aromatic carbocycles. The number of nitrogens with zero attached hydrogens (tertiary/aromatic N) is 2. The summed E-state index contributed by atoms with van der Waals surface area (Å²) >= 11 is 0. The Morgan fingerprint density at radius 3 is 2.34 bits per heavy atom. The highest BCUT2D eigenvalue weighted by atomic mass is 19.1. The molecule has 0 N–H and O–H groups in total. The summed E-state index contributed by atoms with van der Waals surface area (Å²) in [6.45, 7) is 3.42. The van der Waals surface area contributed by atoms with Crippen molar-refractivity contribution >= 4 is 5.91 Å². The molecule has 0 atom stereocenters. The zero-order valence-corrected chi connectivity index (χ0v) is 17.1. The van der Waals surface area contributed by atoms with Gasteiger partial charge in [0.05, 0.1) is 18.3 Å². The van der Waals surface area contributed by atoms with Gasteiger partial charge >= 0.3 is 0 Å².